The Hall–Kier alpha value is -2.83. The number of nitrogens with zero attached hydrogens (tertiary/aromatic N) is 3. The molecule has 0 saturated heterocycles. The molecule has 27 heavy (non-hydrogen) atoms. The maximum absolute atomic E-state index is 12.9. The van der Waals surface area contributed by atoms with Crippen LogP contribution in [-0.4, -0.2) is 34.6 Å². The van der Waals surface area contributed by atoms with Crippen LogP contribution in [-0.2, 0) is 22.2 Å². The molecule has 1 amide bonds. The van der Waals surface area contributed by atoms with Gasteiger partial charge >= 0.3 is 0 Å². The minimum atomic E-state index is -0.601. The summed E-state index contributed by atoms with van der Waals surface area (Å²) >= 11 is 0. The van der Waals surface area contributed by atoms with Crippen LogP contribution in [0.25, 0.3) is 0 Å². The molecule has 2 aliphatic rings. The number of benzene rings is 1. The normalized spacial score (nSPS) is 20.8. The number of hydrogen-bond acceptors (Lipinski definition) is 5. The standard InChI is InChI=1S/C20H24N4O3/c1-24-13-14(12-21-24)17-11-18(27-23-17)19(25)22-20(9-3-4-10-20)15-5-7-16(26-2)8-6-15/h5-8,12-13,18H,3-4,9-11H2,1-2H3,(H,22,25). The van der Waals surface area contributed by atoms with Crippen LogP contribution in [0.4, 0.5) is 0 Å². The predicted molar refractivity (Wildman–Crippen MR) is 101 cm³/mol. The number of aromatic nitrogens is 2. The lowest BCUT2D eigenvalue weighted by Gasteiger charge is -2.32. The maximum Gasteiger partial charge on any atom is 0.265 e. The molecule has 1 aromatic heterocycles. The van der Waals surface area contributed by atoms with Crippen LogP contribution in [0.5, 0.6) is 5.75 Å². The highest BCUT2D eigenvalue weighted by molar-refractivity contribution is 6.03. The third kappa shape index (κ3) is 3.41. The van der Waals surface area contributed by atoms with Crippen molar-refractivity contribution in [2.45, 2.75) is 43.7 Å². The van der Waals surface area contributed by atoms with E-state index < -0.39 is 6.10 Å². The molecular formula is C20H24N4O3. The van der Waals surface area contributed by atoms with Gasteiger partial charge in [0.2, 0.25) is 6.10 Å². The van der Waals surface area contributed by atoms with Crippen molar-refractivity contribution in [3.8, 4) is 5.75 Å². The first-order chi connectivity index (χ1) is 13.1. The first kappa shape index (κ1) is 17.6. The highest BCUT2D eigenvalue weighted by Crippen LogP contribution is 2.39. The topological polar surface area (TPSA) is 77.7 Å². The highest BCUT2D eigenvalue weighted by Gasteiger charge is 2.40. The number of carbonyl (C=O) groups excluding carboxylic acids is 1. The summed E-state index contributed by atoms with van der Waals surface area (Å²) in [6, 6.07) is 7.96. The Morgan fingerprint density at radius 1 is 1.30 bits per heavy atom. The molecule has 0 radical (unpaired) electrons. The Morgan fingerprint density at radius 2 is 2.04 bits per heavy atom. The van der Waals surface area contributed by atoms with Crippen LogP contribution in [0.3, 0.4) is 0 Å². The summed E-state index contributed by atoms with van der Waals surface area (Å²) in [5.74, 6) is 0.697. The Balaban J connectivity index is 1.47. The summed E-state index contributed by atoms with van der Waals surface area (Å²) in [6.07, 6.45) is 7.50. The number of carbonyl (C=O) groups is 1. The molecule has 7 heteroatoms. The number of amides is 1. The maximum atomic E-state index is 12.9. The van der Waals surface area contributed by atoms with Gasteiger partial charge in [-0.05, 0) is 30.5 Å². The van der Waals surface area contributed by atoms with Crippen molar-refractivity contribution in [3.05, 3.63) is 47.8 Å². The molecule has 7 nitrogen and oxygen atoms in total. The molecule has 1 fully saturated rings. The number of methoxy groups -OCH3 is 1. The lowest BCUT2D eigenvalue weighted by Crippen LogP contribution is -2.48. The molecule has 1 aliphatic heterocycles. The first-order valence-electron chi connectivity index (χ1n) is 9.28. The zero-order valence-corrected chi connectivity index (χ0v) is 15.6. The van der Waals surface area contributed by atoms with Crippen LogP contribution in [0, 0.1) is 0 Å². The minimum absolute atomic E-state index is 0.115. The van der Waals surface area contributed by atoms with E-state index in [4.69, 9.17) is 9.57 Å². The van der Waals surface area contributed by atoms with Crippen molar-refractivity contribution >= 4 is 11.6 Å². The van der Waals surface area contributed by atoms with Gasteiger partial charge < -0.3 is 14.9 Å². The molecule has 1 N–H and O–H groups in total. The van der Waals surface area contributed by atoms with Crippen molar-refractivity contribution in [1.29, 1.82) is 0 Å². The van der Waals surface area contributed by atoms with Crippen molar-refractivity contribution in [1.82, 2.24) is 15.1 Å². The van der Waals surface area contributed by atoms with Crippen molar-refractivity contribution in [2.75, 3.05) is 7.11 Å². The zero-order valence-electron chi connectivity index (χ0n) is 15.6. The predicted octanol–water partition coefficient (Wildman–Crippen LogP) is 2.51. The van der Waals surface area contributed by atoms with Gasteiger partial charge in [0.15, 0.2) is 0 Å². The van der Waals surface area contributed by atoms with E-state index >= 15 is 0 Å². The minimum Gasteiger partial charge on any atom is -0.497 e. The van der Waals surface area contributed by atoms with Crippen molar-refractivity contribution < 1.29 is 14.4 Å². The van der Waals surface area contributed by atoms with Gasteiger partial charge in [-0.3, -0.25) is 9.48 Å². The smallest absolute Gasteiger partial charge is 0.265 e. The van der Waals surface area contributed by atoms with E-state index in [9.17, 15) is 4.79 Å². The Labute approximate surface area is 158 Å². The van der Waals surface area contributed by atoms with E-state index in [1.165, 1.54) is 0 Å². The summed E-state index contributed by atoms with van der Waals surface area (Å²) in [4.78, 5) is 18.4. The van der Waals surface area contributed by atoms with Gasteiger partial charge in [-0.1, -0.05) is 30.1 Å². The molecule has 4 rings (SSSR count). The molecule has 142 valence electrons. The largest absolute Gasteiger partial charge is 0.497 e. The summed E-state index contributed by atoms with van der Waals surface area (Å²) < 4.78 is 6.96. The number of nitrogens with one attached hydrogen (secondary N) is 1. The van der Waals surface area contributed by atoms with Gasteiger partial charge in [0.05, 0.1) is 24.6 Å². The molecule has 2 heterocycles. The zero-order chi connectivity index (χ0) is 18.9. The fourth-order valence-electron chi connectivity index (χ4n) is 3.95. The average molecular weight is 368 g/mol. The van der Waals surface area contributed by atoms with Crippen LogP contribution in [0.15, 0.2) is 41.8 Å². The second-order valence-electron chi connectivity index (χ2n) is 7.25. The number of aryl methyl sites for hydroxylation is 1. The first-order valence-corrected chi connectivity index (χ1v) is 9.28. The fourth-order valence-corrected chi connectivity index (χ4v) is 3.95. The summed E-state index contributed by atoms with van der Waals surface area (Å²) in [5, 5.41) is 11.5. The van der Waals surface area contributed by atoms with E-state index in [1.807, 2.05) is 37.5 Å². The van der Waals surface area contributed by atoms with Crippen LogP contribution >= 0.6 is 0 Å². The Bertz CT molecular complexity index is 850. The van der Waals surface area contributed by atoms with E-state index in [2.05, 4.69) is 15.6 Å². The lowest BCUT2D eigenvalue weighted by molar-refractivity contribution is -0.133. The molecule has 1 atom stereocenters. The van der Waals surface area contributed by atoms with Gasteiger partial charge in [-0.15, -0.1) is 0 Å². The molecule has 1 unspecified atom stereocenters. The van der Waals surface area contributed by atoms with E-state index in [-0.39, 0.29) is 11.4 Å². The van der Waals surface area contributed by atoms with E-state index in [0.29, 0.717) is 6.42 Å². The molecule has 1 saturated carbocycles. The number of rotatable bonds is 5. The third-order valence-corrected chi connectivity index (χ3v) is 5.46. The molecule has 1 aliphatic carbocycles. The Morgan fingerprint density at radius 3 is 2.67 bits per heavy atom. The third-order valence-electron chi connectivity index (χ3n) is 5.46. The van der Waals surface area contributed by atoms with Crippen molar-refractivity contribution in [3.63, 3.8) is 0 Å². The second-order valence-corrected chi connectivity index (χ2v) is 7.25. The van der Waals surface area contributed by atoms with Crippen LogP contribution in [0.1, 0.15) is 43.2 Å². The summed E-state index contributed by atoms with van der Waals surface area (Å²) in [5.41, 5.74) is 2.41. The van der Waals surface area contributed by atoms with Gasteiger partial charge in [0.25, 0.3) is 5.91 Å². The number of hydrogen-bond donors (Lipinski definition) is 1. The molecular weight excluding hydrogens is 344 g/mol. The highest BCUT2D eigenvalue weighted by atomic mass is 16.6. The molecule has 2 aromatic rings. The van der Waals surface area contributed by atoms with E-state index in [1.54, 1.807) is 18.0 Å². The quantitative estimate of drug-likeness (QED) is 0.880. The van der Waals surface area contributed by atoms with Crippen molar-refractivity contribution in [2.24, 2.45) is 12.2 Å². The fraction of sp³-hybridized carbons (Fsp3) is 0.450. The monoisotopic (exact) mass is 368 g/mol. The molecule has 1 aromatic carbocycles. The summed E-state index contributed by atoms with van der Waals surface area (Å²) in [6.45, 7) is 0. The Kier molecular flexibility index (Phi) is 4.59. The van der Waals surface area contributed by atoms with Crippen LogP contribution < -0.4 is 10.1 Å². The number of oxime groups is 1. The van der Waals surface area contributed by atoms with Gasteiger partial charge in [-0.2, -0.15) is 5.10 Å². The van der Waals surface area contributed by atoms with E-state index in [0.717, 1.165) is 48.3 Å². The lowest BCUT2D eigenvalue weighted by atomic mass is 9.87. The summed E-state index contributed by atoms with van der Waals surface area (Å²) in [7, 11) is 3.50. The van der Waals surface area contributed by atoms with Gasteiger partial charge in [0.1, 0.15) is 5.75 Å². The van der Waals surface area contributed by atoms with Crippen LogP contribution in [0.2, 0.25) is 0 Å². The number of ether oxygens (including phenoxy) is 1. The van der Waals surface area contributed by atoms with Gasteiger partial charge in [0, 0.05) is 25.2 Å². The molecule has 0 bridgehead atoms. The second kappa shape index (κ2) is 7.06. The van der Waals surface area contributed by atoms with Gasteiger partial charge in [-0.25, -0.2) is 0 Å². The SMILES string of the molecule is COc1ccc(C2(NC(=O)C3CC(c4cnn(C)c4)=NO3)CCCC2)cc1. The average Bonchev–Trinajstić information content (AvgIpc) is 3.42. The molecule has 0 spiro atoms.